The molecule has 0 aliphatic carbocycles. The minimum Gasteiger partial charge on any atom is -0.493 e. The number of benzene rings is 2. The molecule has 0 radical (unpaired) electrons. The Labute approximate surface area is 165 Å². The van der Waals surface area contributed by atoms with Crippen LogP contribution in [0.15, 0.2) is 57.2 Å². The van der Waals surface area contributed by atoms with E-state index < -0.39 is 5.91 Å². The number of aryl methyl sites for hydroxylation is 2. The first-order valence-electron chi connectivity index (χ1n) is 8.64. The van der Waals surface area contributed by atoms with Crippen LogP contribution in [0, 0.1) is 6.92 Å². The van der Waals surface area contributed by atoms with E-state index in [0.717, 1.165) is 27.4 Å². The molecule has 0 spiro atoms. The van der Waals surface area contributed by atoms with Crippen LogP contribution in [0.2, 0.25) is 0 Å². The fraction of sp³-hybridized carbons (Fsp3) is 0.250. The van der Waals surface area contributed by atoms with E-state index in [4.69, 9.17) is 4.74 Å². The summed E-state index contributed by atoms with van der Waals surface area (Å²) in [6.45, 7) is 4.43. The van der Waals surface area contributed by atoms with Crippen LogP contribution in [0.25, 0.3) is 10.9 Å². The molecule has 0 fully saturated rings. The maximum atomic E-state index is 12.0. The van der Waals surface area contributed by atoms with Crippen molar-refractivity contribution >= 4 is 38.4 Å². The molecule has 1 heterocycles. The van der Waals surface area contributed by atoms with E-state index in [1.165, 1.54) is 0 Å². The summed E-state index contributed by atoms with van der Waals surface area (Å²) in [5.74, 6) is 0.0674. The Balaban J connectivity index is 1.80. The van der Waals surface area contributed by atoms with Crippen LogP contribution in [0.1, 0.15) is 18.9 Å². The van der Waals surface area contributed by atoms with Crippen molar-refractivity contribution in [3.63, 3.8) is 0 Å². The minimum atomic E-state index is -0.527. The standard InChI is InChI=1S/C20H20BrN3O3/c1-3-10-24-17-9-6-14(21)11-16(17)19(20(24)26)23-22-18(25)12-27-15-7-4-13(2)5-8-15/h4-9,11,26H,3,10,12H2,1-2H3. The molecule has 0 bridgehead atoms. The highest BCUT2D eigenvalue weighted by Gasteiger charge is 2.17. The van der Waals surface area contributed by atoms with Gasteiger partial charge in [-0.3, -0.25) is 4.79 Å². The number of rotatable bonds is 6. The number of halogens is 1. The highest BCUT2D eigenvalue weighted by molar-refractivity contribution is 9.10. The molecule has 0 aliphatic rings. The molecule has 0 unspecified atom stereocenters. The predicted octanol–water partition coefficient (Wildman–Crippen LogP) is 5.52. The number of fused-ring (bicyclic) bond motifs is 1. The van der Waals surface area contributed by atoms with E-state index in [1.807, 2.05) is 44.2 Å². The monoisotopic (exact) mass is 429 g/mol. The third kappa shape index (κ3) is 4.36. The molecule has 0 atom stereocenters. The molecule has 1 N–H and O–H groups in total. The zero-order valence-corrected chi connectivity index (χ0v) is 16.7. The summed E-state index contributed by atoms with van der Waals surface area (Å²) in [5.41, 5.74) is 2.23. The number of amides is 1. The summed E-state index contributed by atoms with van der Waals surface area (Å²) in [7, 11) is 0. The number of aromatic nitrogens is 1. The van der Waals surface area contributed by atoms with Crippen LogP contribution in [-0.2, 0) is 11.3 Å². The fourth-order valence-corrected chi connectivity index (χ4v) is 3.12. The molecule has 7 heteroatoms. The van der Waals surface area contributed by atoms with Gasteiger partial charge in [0.15, 0.2) is 12.3 Å². The molecule has 1 amide bonds. The molecule has 1 aromatic heterocycles. The van der Waals surface area contributed by atoms with Gasteiger partial charge in [0.05, 0.1) is 5.52 Å². The van der Waals surface area contributed by atoms with Gasteiger partial charge in [0.2, 0.25) is 5.88 Å². The number of hydrogen-bond donors (Lipinski definition) is 1. The summed E-state index contributed by atoms with van der Waals surface area (Å²) in [6, 6.07) is 13.0. The van der Waals surface area contributed by atoms with Crippen molar-refractivity contribution < 1.29 is 14.6 Å². The summed E-state index contributed by atoms with van der Waals surface area (Å²) < 4.78 is 8.04. The summed E-state index contributed by atoms with van der Waals surface area (Å²) >= 11 is 3.43. The Bertz CT molecular complexity index is 994. The molecule has 0 aliphatic heterocycles. The van der Waals surface area contributed by atoms with E-state index in [0.29, 0.717) is 12.3 Å². The maximum absolute atomic E-state index is 12.0. The second kappa shape index (κ2) is 8.35. The van der Waals surface area contributed by atoms with Crippen LogP contribution in [0.3, 0.4) is 0 Å². The first-order valence-corrected chi connectivity index (χ1v) is 9.43. The Hall–Kier alpha value is -2.67. The number of hydrogen-bond acceptors (Lipinski definition) is 4. The molecule has 140 valence electrons. The van der Waals surface area contributed by atoms with Crippen molar-refractivity contribution in [2.24, 2.45) is 10.2 Å². The number of azo groups is 1. The lowest BCUT2D eigenvalue weighted by Gasteiger charge is -2.04. The first kappa shape index (κ1) is 19.1. The molecule has 3 rings (SSSR count). The molecular formula is C20H20BrN3O3. The Morgan fingerprint density at radius 3 is 2.67 bits per heavy atom. The normalized spacial score (nSPS) is 11.4. The Morgan fingerprint density at radius 1 is 1.22 bits per heavy atom. The highest BCUT2D eigenvalue weighted by atomic mass is 79.9. The zero-order valence-electron chi connectivity index (χ0n) is 15.1. The number of carbonyl (C=O) groups excluding carboxylic acids is 1. The van der Waals surface area contributed by atoms with Crippen molar-refractivity contribution in [3.8, 4) is 11.6 Å². The van der Waals surface area contributed by atoms with E-state index in [9.17, 15) is 9.90 Å². The van der Waals surface area contributed by atoms with Gasteiger partial charge in [-0.2, -0.15) is 0 Å². The SMILES string of the molecule is CCCn1c(O)c(N=NC(=O)COc2ccc(C)cc2)c2cc(Br)ccc21. The number of carbonyl (C=O) groups is 1. The summed E-state index contributed by atoms with van der Waals surface area (Å²) in [6.07, 6.45) is 0.854. The average molecular weight is 430 g/mol. The first-order chi connectivity index (χ1) is 13.0. The molecule has 27 heavy (non-hydrogen) atoms. The Kier molecular flexibility index (Phi) is 5.91. The van der Waals surface area contributed by atoms with Crippen LogP contribution >= 0.6 is 15.9 Å². The lowest BCUT2D eigenvalue weighted by atomic mass is 10.2. The van der Waals surface area contributed by atoms with E-state index in [-0.39, 0.29) is 18.2 Å². The van der Waals surface area contributed by atoms with E-state index >= 15 is 0 Å². The molecule has 6 nitrogen and oxygen atoms in total. The largest absolute Gasteiger partial charge is 0.493 e. The number of aromatic hydroxyl groups is 1. The van der Waals surface area contributed by atoms with Gasteiger partial charge >= 0.3 is 5.91 Å². The van der Waals surface area contributed by atoms with Gasteiger partial charge in [0, 0.05) is 16.4 Å². The number of nitrogens with zero attached hydrogens (tertiary/aromatic N) is 3. The third-order valence-corrected chi connectivity index (χ3v) is 4.56. The average Bonchev–Trinajstić information content (AvgIpc) is 2.91. The summed E-state index contributed by atoms with van der Waals surface area (Å²) in [5, 5.41) is 19.0. The highest BCUT2D eigenvalue weighted by Crippen LogP contribution is 2.40. The molecule has 0 saturated carbocycles. The van der Waals surface area contributed by atoms with Gasteiger partial charge < -0.3 is 14.4 Å². The van der Waals surface area contributed by atoms with Gasteiger partial charge in [-0.25, -0.2) is 0 Å². The topological polar surface area (TPSA) is 76.2 Å². The van der Waals surface area contributed by atoms with Gasteiger partial charge in [0.25, 0.3) is 0 Å². The van der Waals surface area contributed by atoms with Crippen molar-refractivity contribution in [2.75, 3.05) is 6.61 Å². The van der Waals surface area contributed by atoms with Gasteiger partial charge in [0.1, 0.15) is 5.75 Å². The van der Waals surface area contributed by atoms with E-state index in [2.05, 4.69) is 26.2 Å². The van der Waals surface area contributed by atoms with Crippen LogP contribution < -0.4 is 4.74 Å². The smallest absolute Gasteiger partial charge is 0.302 e. The lowest BCUT2D eigenvalue weighted by molar-refractivity contribution is -0.120. The lowest BCUT2D eigenvalue weighted by Crippen LogP contribution is -2.07. The van der Waals surface area contributed by atoms with Crippen molar-refractivity contribution in [1.82, 2.24) is 4.57 Å². The Morgan fingerprint density at radius 2 is 1.96 bits per heavy atom. The second-order valence-corrected chi connectivity index (χ2v) is 7.10. The molecule has 0 saturated heterocycles. The third-order valence-electron chi connectivity index (χ3n) is 4.06. The zero-order chi connectivity index (χ0) is 19.4. The van der Waals surface area contributed by atoms with Crippen molar-refractivity contribution in [3.05, 3.63) is 52.5 Å². The summed E-state index contributed by atoms with van der Waals surface area (Å²) in [4.78, 5) is 12.0. The van der Waals surface area contributed by atoms with Crippen LogP contribution in [0.5, 0.6) is 11.6 Å². The van der Waals surface area contributed by atoms with Crippen LogP contribution in [0.4, 0.5) is 5.69 Å². The van der Waals surface area contributed by atoms with E-state index in [1.54, 1.807) is 16.7 Å². The fourth-order valence-electron chi connectivity index (χ4n) is 2.76. The van der Waals surface area contributed by atoms with Gasteiger partial charge in [-0.05, 0) is 43.7 Å². The van der Waals surface area contributed by atoms with Gasteiger partial charge in [-0.1, -0.05) is 40.5 Å². The molecule has 3 aromatic rings. The minimum absolute atomic E-state index is 0.000882. The van der Waals surface area contributed by atoms with Crippen LogP contribution in [-0.4, -0.2) is 22.2 Å². The molecular weight excluding hydrogens is 410 g/mol. The molecule has 2 aromatic carbocycles. The quantitative estimate of drug-likeness (QED) is 0.524. The van der Waals surface area contributed by atoms with Crippen molar-refractivity contribution in [1.29, 1.82) is 0 Å². The number of ether oxygens (including phenoxy) is 1. The second-order valence-electron chi connectivity index (χ2n) is 6.18. The van der Waals surface area contributed by atoms with Gasteiger partial charge in [-0.15, -0.1) is 10.2 Å². The predicted molar refractivity (Wildman–Crippen MR) is 108 cm³/mol. The maximum Gasteiger partial charge on any atom is 0.302 e. The van der Waals surface area contributed by atoms with Crippen molar-refractivity contribution in [2.45, 2.75) is 26.8 Å².